The van der Waals surface area contributed by atoms with Crippen LogP contribution in [0.15, 0.2) is 42.6 Å². The maximum atomic E-state index is 10.5. The van der Waals surface area contributed by atoms with Gasteiger partial charge in [-0.15, -0.1) is 0 Å². The Labute approximate surface area is 81.5 Å². The van der Waals surface area contributed by atoms with Gasteiger partial charge in [0.25, 0.3) is 0 Å². The Kier molecular flexibility index (Phi) is 2.32. The van der Waals surface area contributed by atoms with Crippen molar-refractivity contribution in [3.63, 3.8) is 0 Å². The maximum Gasteiger partial charge on any atom is 0.193 e. The molecule has 0 aliphatic heterocycles. The molecule has 0 aliphatic carbocycles. The topological polar surface area (TPSA) is 42.9 Å². The number of carbonyl (C=O) groups excluding carboxylic acids is 1. The van der Waals surface area contributed by atoms with Crippen molar-refractivity contribution >= 4 is 6.29 Å². The second-order valence-corrected chi connectivity index (χ2v) is 2.78. The number of aromatic nitrogens is 2. The highest BCUT2D eigenvalue weighted by Gasteiger charge is 1.99. The zero-order valence-electron chi connectivity index (χ0n) is 7.42. The van der Waals surface area contributed by atoms with E-state index < -0.39 is 0 Å². The van der Waals surface area contributed by atoms with Gasteiger partial charge in [0.1, 0.15) is 0 Å². The van der Waals surface area contributed by atoms with Gasteiger partial charge in [0, 0.05) is 11.8 Å². The number of aldehydes is 1. The fraction of sp³-hybridized carbons (Fsp3) is 0. The molecule has 3 heteroatoms. The van der Waals surface area contributed by atoms with Crippen LogP contribution in [0.3, 0.4) is 0 Å². The molecule has 1 aromatic heterocycles. The van der Waals surface area contributed by atoms with Crippen molar-refractivity contribution in [2.24, 2.45) is 0 Å². The monoisotopic (exact) mass is 184 g/mol. The van der Waals surface area contributed by atoms with Gasteiger partial charge in [-0.05, 0) is 6.07 Å². The smallest absolute Gasteiger partial charge is 0.193 e. The van der Waals surface area contributed by atoms with Crippen LogP contribution in [-0.4, -0.2) is 16.3 Å². The molecule has 0 spiro atoms. The molecule has 14 heavy (non-hydrogen) atoms. The van der Waals surface area contributed by atoms with E-state index in [1.165, 1.54) is 0 Å². The summed E-state index contributed by atoms with van der Waals surface area (Å²) in [5.74, 6) is 0.214. The van der Waals surface area contributed by atoms with Crippen LogP contribution in [-0.2, 0) is 0 Å². The standard InChI is InChI=1S/C11H8N2O/c14-8-11-12-7-6-10(13-11)9-4-2-1-3-5-9/h1-8H. The lowest BCUT2D eigenvalue weighted by atomic mass is 10.1. The van der Waals surface area contributed by atoms with Crippen molar-refractivity contribution in [2.75, 3.05) is 0 Å². The molecule has 0 radical (unpaired) electrons. The Morgan fingerprint density at radius 1 is 1.07 bits per heavy atom. The van der Waals surface area contributed by atoms with E-state index in [1.54, 1.807) is 12.3 Å². The number of carbonyl (C=O) groups is 1. The molecular formula is C11H8N2O. The van der Waals surface area contributed by atoms with Crippen molar-refractivity contribution in [3.8, 4) is 11.3 Å². The van der Waals surface area contributed by atoms with Crippen molar-refractivity contribution in [3.05, 3.63) is 48.4 Å². The summed E-state index contributed by atoms with van der Waals surface area (Å²) in [5, 5.41) is 0. The lowest BCUT2D eigenvalue weighted by molar-refractivity contribution is 0.111. The second-order valence-electron chi connectivity index (χ2n) is 2.78. The predicted octanol–water partition coefficient (Wildman–Crippen LogP) is 1.96. The third-order valence-corrected chi connectivity index (χ3v) is 1.85. The summed E-state index contributed by atoms with van der Waals surface area (Å²) in [4.78, 5) is 18.4. The van der Waals surface area contributed by atoms with Crippen LogP contribution in [0.4, 0.5) is 0 Å². The summed E-state index contributed by atoms with van der Waals surface area (Å²) >= 11 is 0. The van der Waals surface area contributed by atoms with E-state index in [0.29, 0.717) is 6.29 Å². The summed E-state index contributed by atoms with van der Waals surface area (Å²) in [5.41, 5.74) is 1.75. The Hall–Kier alpha value is -2.03. The summed E-state index contributed by atoms with van der Waals surface area (Å²) in [6.07, 6.45) is 2.23. The van der Waals surface area contributed by atoms with Crippen molar-refractivity contribution < 1.29 is 4.79 Å². The maximum absolute atomic E-state index is 10.5. The van der Waals surface area contributed by atoms with Crippen LogP contribution in [0.5, 0.6) is 0 Å². The van der Waals surface area contributed by atoms with Gasteiger partial charge in [0.15, 0.2) is 12.1 Å². The third kappa shape index (κ3) is 1.66. The van der Waals surface area contributed by atoms with Crippen LogP contribution in [0.2, 0.25) is 0 Å². The highest BCUT2D eigenvalue weighted by Crippen LogP contribution is 2.14. The molecule has 1 heterocycles. The molecule has 0 atom stereocenters. The van der Waals surface area contributed by atoms with E-state index in [1.807, 2.05) is 30.3 Å². The van der Waals surface area contributed by atoms with Crippen LogP contribution < -0.4 is 0 Å². The average Bonchev–Trinajstić information content (AvgIpc) is 2.30. The lowest BCUT2D eigenvalue weighted by Crippen LogP contribution is -1.93. The van der Waals surface area contributed by atoms with Crippen molar-refractivity contribution in [2.45, 2.75) is 0 Å². The molecule has 0 bridgehead atoms. The summed E-state index contributed by atoms with van der Waals surface area (Å²) < 4.78 is 0. The Morgan fingerprint density at radius 2 is 1.86 bits per heavy atom. The van der Waals surface area contributed by atoms with Gasteiger partial charge in [0.05, 0.1) is 5.69 Å². The number of rotatable bonds is 2. The molecule has 0 N–H and O–H groups in total. The Morgan fingerprint density at radius 3 is 2.57 bits per heavy atom. The largest absolute Gasteiger partial charge is 0.294 e. The van der Waals surface area contributed by atoms with Crippen molar-refractivity contribution in [1.82, 2.24) is 9.97 Å². The van der Waals surface area contributed by atoms with E-state index in [4.69, 9.17) is 0 Å². The first kappa shape index (κ1) is 8.56. The van der Waals surface area contributed by atoms with Crippen LogP contribution >= 0.6 is 0 Å². The van der Waals surface area contributed by atoms with Gasteiger partial charge in [-0.1, -0.05) is 30.3 Å². The van der Waals surface area contributed by atoms with Crippen molar-refractivity contribution in [1.29, 1.82) is 0 Å². The minimum atomic E-state index is 0.214. The van der Waals surface area contributed by atoms with E-state index in [0.717, 1.165) is 11.3 Å². The van der Waals surface area contributed by atoms with Crippen LogP contribution in [0.25, 0.3) is 11.3 Å². The normalized spacial score (nSPS) is 9.71. The average molecular weight is 184 g/mol. The fourth-order valence-corrected chi connectivity index (χ4v) is 1.20. The number of nitrogens with zero attached hydrogens (tertiary/aromatic N) is 2. The molecule has 1 aromatic carbocycles. The molecule has 2 aromatic rings. The van der Waals surface area contributed by atoms with E-state index in [2.05, 4.69) is 9.97 Å². The molecule has 0 aliphatic rings. The first-order chi connectivity index (χ1) is 6.90. The molecule has 0 amide bonds. The summed E-state index contributed by atoms with van der Waals surface area (Å²) in [6.45, 7) is 0. The highest BCUT2D eigenvalue weighted by molar-refractivity contribution is 5.70. The van der Waals surface area contributed by atoms with Gasteiger partial charge in [-0.3, -0.25) is 4.79 Å². The lowest BCUT2D eigenvalue weighted by Gasteiger charge is -1.99. The number of benzene rings is 1. The molecule has 0 fully saturated rings. The molecular weight excluding hydrogens is 176 g/mol. The van der Waals surface area contributed by atoms with Gasteiger partial charge >= 0.3 is 0 Å². The van der Waals surface area contributed by atoms with Gasteiger partial charge in [0.2, 0.25) is 0 Å². The quantitative estimate of drug-likeness (QED) is 0.670. The summed E-state index contributed by atoms with van der Waals surface area (Å²) in [7, 11) is 0. The Bertz CT molecular complexity index is 440. The minimum absolute atomic E-state index is 0.214. The SMILES string of the molecule is O=Cc1nccc(-c2ccccc2)n1. The number of hydrogen-bond donors (Lipinski definition) is 0. The molecule has 3 nitrogen and oxygen atoms in total. The van der Waals surface area contributed by atoms with Crippen LogP contribution in [0, 0.1) is 0 Å². The van der Waals surface area contributed by atoms with E-state index >= 15 is 0 Å². The van der Waals surface area contributed by atoms with E-state index in [9.17, 15) is 4.79 Å². The summed E-state index contributed by atoms with van der Waals surface area (Å²) in [6, 6.07) is 11.5. The Balaban J connectivity index is 2.47. The first-order valence-corrected chi connectivity index (χ1v) is 4.24. The fourth-order valence-electron chi connectivity index (χ4n) is 1.20. The first-order valence-electron chi connectivity index (χ1n) is 4.24. The van der Waals surface area contributed by atoms with Gasteiger partial charge in [-0.2, -0.15) is 0 Å². The van der Waals surface area contributed by atoms with Gasteiger partial charge in [-0.25, -0.2) is 9.97 Å². The highest BCUT2D eigenvalue weighted by atomic mass is 16.1. The third-order valence-electron chi connectivity index (χ3n) is 1.85. The molecule has 0 saturated heterocycles. The zero-order chi connectivity index (χ0) is 9.80. The molecule has 0 unspecified atom stereocenters. The molecule has 0 saturated carbocycles. The number of hydrogen-bond acceptors (Lipinski definition) is 3. The second kappa shape index (κ2) is 3.79. The van der Waals surface area contributed by atoms with Gasteiger partial charge < -0.3 is 0 Å². The predicted molar refractivity (Wildman–Crippen MR) is 52.9 cm³/mol. The minimum Gasteiger partial charge on any atom is -0.294 e. The molecule has 68 valence electrons. The van der Waals surface area contributed by atoms with Crippen LogP contribution in [0.1, 0.15) is 10.6 Å². The van der Waals surface area contributed by atoms with E-state index in [-0.39, 0.29) is 5.82 Å². The zero-order valence-corrected chi connectivity index (χ0v) is 7.42. The molecule has 2 rings (SSSR count).